The zero-order valence-electron chi connectivity index (χ0n) is 21.7. The molecule has 3 aromatic rings. The Morgan fingerprint density at radius 3 is 2.00 bits per heavy atom. The lowest BCUT2D eigenvalue weighted by Crippen LogP contribution is -2.49. The first kappa shape index (κ1) is 24.1. The summed E-state index contributed by atoms with van der Waals surface area (Å²) in [5.41, 5.74) is 3.08. The molecular formula is C32H31FN4O2. The molecule has 4 bridgehead atoms. The Hall–Kier alpha value is -4.00. The molecule has 0 unspecified atom stereocenters. The molecule has 0 aliphatic heterocycles. The molecule has 0 atom stereocenters. The van der Waals surface area contributed by atoms with Crippen molar-refractivity contribution in [3.05, 3.63) is 105 Å². The second kappa shape index (κ2) is 9.33. The molecule has 0 saturated heterocycles. The lowest BCUT2D eigenvalue weighted by atomic mass is 9.52. The Morgan fingerprint density at radius 2 is 1.44 bits per heavy atom. The molecule has 2 N–H and O–H groups in total. The maximum absolute atomic E-state index is 14.4. The number of benzene rings is 3. The van der Waals surface area contributed by atoms with E-state index in [9.17, 15) is 14.0 Å². The van der Waals surface area contributed by atoms with Crippen molar-refractivity contribution < 1.29 is 4.39 Å². The lowest BCUT2D eigenvalue weighted by Gasteiger charge is -2.54. The van der Waals surface area contributed by atoms with Crippen molar-refractivity contribution in [3.8, 4) is 16.8 Å². The molecule has 39 heavy (non-hydrogen) atoms. The summed E-state index contributed by atoms with van der Waals surface area (Å²) in [7, 11) is 0. The van der Waals surface area contributed by atoms with Gasteiger partial charge in [0.05, 0.1) is 11.0 Å². The molecule has 6 nitrogen and oxygen atoms in total. The number of hydrogen-bond acceptors (Lipinski definition) is 4. The summed E-state index contributed by atoms with van der Waals surface area (Å²) in [4.78, 5) is 27.1. The highest BCUT2D eigenvalue weighted by atomic mass is 19.1. The second-order valence-corrected chi connectivity index (χ2v) is 11.7. The first-order chi connectivity index (χ1) is 19.0. The van der Waals surface area contributed by atoms with E-state index in [0.29, 0.717) is 41.0 Å². The van der Waals surface area contributed by atoms with E-state index < -0.39 is 16.9 Å². The predicted octanol–water partition coefficient (Wildman–Crippen LogP) is 4.81. The Balaban J connectivity index is 0.000000368. The normalized spacial score (nSPS) is 25.9. The van der Waals surface area contributed by atoms with Crippen LogP contribution in [0.15, 0.2) is 87.5 Å². The molecular weight excluding hydrogens is 491 g/mol. The Morgan fingerprint density at radius 1 is 0.769 bits per heavy atom. The molecule has 1 aromatic heterocycles. The van der Waals surface area contributed by atoms with Crippen LogP contribution in [0.1, 0.15) is 32.1 Å². The fourth-order valence-corrected chi connectivity index (χ4v) is 7.80. The van der Waals surface area contributed by atoms with Gasteiger partial charge in [-0.3, -0.25) is 14.2 Å². The zero-order chi connectivity index (χ0) is 26.7. The van der Waals surface area contributed by atoms with Crippen LogP contribution in [-0.2, 0) is 6.54 Å². The van der Waals surface area contributed by atoms with E-state index in [1.165, 1.54) is 59.9 Å². The van der Waals surface area contributed by atoms with Gasteiger partial charge in [-0.2, -0.15) is 5.10 Å². The lowest BCUT2D eigenvalue weighted by molar-refractivity contribution is -0.0429. The van der Waals surface area contributed by atoms with E-state index in [1.807, 2.05) is 6.07 Å². The van der Waals surface area contributed by atoms with Crippen LogP contribution in [0, 0.1) is 35.4 Å². The summed E-state index contributed by atoms with van der Waals surface area (Å²) in [6.45, 7) is 0.501. The van der Waals surface area contributed by atoms with Gasteiger partial charge in [0.2, 0.25) is 5.36 Å². The topological polar surface area (TPSA) is 82.4 Å². The highest BCUT2D eigenvalue weighted by Crippen LogP contribution is 2.56. The van der Waals surface area contributed by atoms with E-state index in [-0.39, 0.29) is 5.36 Å². The third kappa shape index (κ3) is 4.20. The van der Waals surface area contributed by atoms with E-state index in [1.54, 1.807) is 34.9 Å². The van der Waals surface area contributed by atoms with Crippen LogP contribution in [0.4, 0.5) is 4.39 Å². The van der Waals surface area contributed by atoms with Crippen LogP contribution >= 0.6 is 0 Å². The number of nitrogens with two attached hydrogens (primary N) is 1. The van der Waals surface area contributed by atoms with Crippen LogP contribution in [0.5, 0.6) is 0 Å². The predicted molar refractivity (Wildman–Crippen MR) is 149 cm³/mol. The minimum atomic E-state index is -0.645. The smallest absolute Gasteiger partial charge is 0.289 e. The minimum absolute atomic E-state index is 0.334. The van der Waals surface area contributed by atoms with Crippen LogP contribution in [0.2, 0.25) is 0 Å². The van der Waals surface area contributed by atoms with Crippen molar-refractivity contribution >= 4 is 11.0 Å². The van der Waals surface area contributed by atoms with Crippen LogP contribution in [0.25, 0.3) is 27.8 Å². The molecule has 6 aliphatic carbocycles. The Bertz CT molecular complexity index is 1730. The fraction of sp³-hybridized carbons (Fsp3) is 0.344. The second-order valence-electron chi connectivity index (χ2n) is 11.7. The number of para-hydroxylation sites is 1. The zero-order valence-corrected chi connectivity index (χ0v) is 21.7. The number of rotatable bonds is 3. The number of aromatic nitrogens is 2. The van der Waals surface area contributed by atoms with Gasteiger partial charge < -0.3 is 10.4 Å². The summed E-state index contributed by atoms with van der Waals surface area (Å²) in [5, 5.41) is 3.29. The summed E-state index contributed by atoms with van der Waals surface area (Å²) < 4.78 is 17.4. The SMILES string of the molecule is NN=c1c(=O)n(CC2C3CC4CC(C3)CC2C4)c2ccc(F)cc2n(-c2ccccc2)c1=O.c1cc2cc-2c1. The first-order valence-corrected chi connectivity index (χ1v) is 13.9. The monoisotopic (exact) mass is 522 g/mol. The van der Waals surface area contributed by atoms with Gasteiger partial charge in [0, 0.05) is 18.3 Å². The highest BCUT2D eigenvalue weighted by Gasteiger charge is 2.48. The quantitative estimate of drug-likeness (QED) is 0.273. The third-order valence-electron chi connectivity index (χ3n) is 9.39. The number of hydrogen-bond donors (Lipinski definition) is 1. The molecule has 9 rings (SSSR count). The largest absolute Gasteiger partial charge is 0.322 e. The van der Waals surface area contributed by atoms with Crippen molar-refractivity contribution in [2.24, 2.45) is 40.5 Å². The standard InChI is InChI=1S/C26H27FN4O2.C6H4/c27-19-6-7-22-23(13-19)31(20-4-2-1-3-5-20)26(33)24(29-28)25(32)30(22)14-21-17-9-15-8-16(11-17)12-18(21)10-15;1-2-5-4-6(5)3-1/h1-7,13,15-18,21H,8-12,14,28H2;1-4H. The average molecular weight is 523 g/mol. The van der Waals surface area contributed by atoms with Crippen LogP contribution in [-0.4, -0.2) is 9.13 Å². The summed E-state index contributed by atoms with van der Waals surface area (Å²) in [6.07, 6.45) is 6.26. The van der Waals surface area contributed by atoms with Crippen molar-refractivity contribution in [1.29, 1.82) is 0 Å². The van der Waals surface area contributed by atoms with Gasteiger partial charge in [-0.1, -0.05) is 36.4 Å². The summed E-state index contributed by atoms with van der Waals surface area (Å²) >= 11 is 0. The van der Waals surface area contributed by atoms with Gasteiger partial charge in [0.1, 0.15) is 5.82 Å². The van der Waals surface area contributed by atoms with Crippen molar-refractivity contribution in [2.75, 3.05) is 0 Å². The van der Waals surface area contributed by atoms with Crippen molar-refractivity contribution in [3.63, 3.8) is 0 Å². The first-order valence-electron chi connectivity index (χ1n) is 13.9. The fourth-order valence-electron chi connectivity index (χ4n) is 7.80. The van der Waals surface area contributed by atoms with Crippen LogP contribution < -0.4 is 22.3 Å². The van der Waals surface area contributed by atoms with E-state index in [4.69, 9.17) is 5.84 Å². The van der Waals surface area contributed by atoms with E-state index >= 15 is 0 Å². The molecule has 2 aromatic carbocycles. The summed E-state index contributed by atoms with van der Waals surface area (Å²) in [6, 6.07) is 21.7. The minimum Gasteiger partial charge on any atom is -0.322 e. The maximum Gasteiger partial charge on any atom is 0.289 e. The molecule has 198 valence electrons. The summed E-state index contributed by atoms with van der Waals surface area (Å²) in [5.74, 6) is 8.32. The molecule has 4 fully saturated rings. The van der Waals surface area contributed by atoms with Gasteiger partial charge in [0.15, 0.2) is 0 Å². The molecule has 6 aliphatic rings. The molecule has 0 amide bonds. The Kier molecular flexibility index (Phi) is 5.76. The van der Waals surface area contributed by atoms with E-state index in [2.05, 4.69) is 29.4 Å². The van der Waals surface area contributed by atoms with Gasteiger partial charge in [-0.05, 0) is 103 Å². The highest BCUT2D eigenvalue weighted by molar-refractivity contribution is 5.80. The molecule has 0 spiro atoms. The van der Waals surface area contributed by atoms with Gasteiger partial charge in [-0.15, -0.1) is 0 Å². The number of halogens is 1. The van der Waals surface area contributed by atoms with Gasteiger partial charge in [0.25, 0.3) is 11.1 Å². The van der Waals surface area contributed by atoms with E-state index in [0.717, 1.165) is 11.8 Å². The van der Waals surface area contributed by atoms with Gasteiger partial charge >= 0.3 is 0 Å². The third-order valence-corrected chi connectivity index (χ3v) is 9.39. The van der Waals surface area contributed by atoms with Crippen molar-refractivity contribution in [1.82, 2.24) is 9.13 Å². The Labute approximate surface area is 225 Å². The average Bonchev–Trinajstić information content (AvgIpc) is 3.55. The van der Waals surface area contributed by atoms with Crippen LogP contribution in [0.3, 0.4) is 0 Å². The van der Waals surface area contributed by atoms with Gasteiger partial charge in [-0.25, -0.2) is 4.39 Å². The molecule has 1 heterocycles. The molecule has 7 heteroatoms. The molecule has 0 radical (unpaired) electrons. The number of nitrogens with zero attached hydrogens (tertiary/aromatic N) is 3. The maximum atomic E-state index is 14.4. The van der Waals surface area contributed by atoms with Crippen molar-refractivity contribution in [2.45, 2.75) is 38.6 Å². The molecule has 4 saturated carbocycles. The number of fused-ring (bicyclic) bond motifs is 2.